The monoisotopic (exact) mass is 276 g/mol. The van der Waals surface area contributed by atoms with Crippen LogP contribution in [0.1, 0.15) is 57.2 Å². The van der Waals surface area contributed by atoms with Crippen LogP contribution in [0.5, 0.6) is 0 Å². The van der Waals surface area contributed by atoms with Gasteiger partial charge < -0.3 is 0 Å². The Labute approximate surface area is 120 Å². The van der Waals surface area contributed by atoms with E-state index in [-0.39, 0.29) is 10.8 Å². The van der Waals surface area contributed by atoms with Gasteiger partial charge in [-0.1, -0.05) is 52.0 Å². The van der Waals surface area contributed by atoms with Crippen LogP contribution in [0, 0.1) is 0 Å². The Morgan fingerprint density at radius 1 is 1.11 bits per heavy atom. The fourth-order valence-electron chi connectivity index (χ4n) is 2.87. The summed E-state index contributed by atoms with van der Waals surface area (Å²) in [7, 11) is 0. The molecule has 19 heavy (non-hydrogen) atoms. The summed E-state index contributed by atoms with van der Waals surface area (Å²) in [4.78, 5) is 10.8. The van der Waals surface area contributed by atoms with Crippen molar-refractivity contribution < 1.29 is 4.79 Å². The Bertz CT molecular complexity index is 538. The normalized spacial score (nSPS) is 20.3. The molecule has 1 aliphatic carbocycles. The van der Waals surface area contributed by atoms with Crippen LogP contribution >= 0.6 is 11.6 Å². The third-order valence-corrected chi connectivity index (χ3v) is 4.41. The van der Waals surface area contributed by atoms with Crippen LogP contribution in [0.25, 0.3) is 6.08 Å². The minimum Gasteiger partial charge on any atom is -0.276 e. The van der Waals surface area contributed by atoms with E-state index in [0.29, 0.717) is 0 Å². The molecule has 0 N–H and O–H groups in total. The predicted molar refractivity (Wildman–Crippen MR) is 81.6 cm³/mol. The van der Waals surface area contributed by atoms with Crippen molar-refractivity contribution in [3.8, 4) is 0 Å². The average Bonchev–Trinajstić information content (AvgIpc) is 2.32. The summed E-state index contributed by atoms with van der Waals surface area (Å²) in [6.45, 7) is 9.19. The van der Waals surface area contributed by atoms with Crippen LogP contribution in [0.3, 0.4) is 0 Å². The topological polar surface area (TPSA) is 17.1 Å². The smallest absolute Gasteiger partial charge is 0.245 e. The Morgan fingerprint density at radius 3 is 2.26 bits per heavy atom. The molecule has 0 aromatic heterocycles. The van der Waals surface area contributed by atoms with Gasteiger partial charge in [0.1, 0.15) is 0 Å². The standard InChI is InChI=1S/C17H21ClO/c1-16(2)9-10-17(3,4)14-11-12(5-7-13(14)16)6-8-15(18)19/h5-8,11H,9-10H2,1-4H3. The van der Waals surface area contributed by atoms with Crippen molar-refractivity contribution in [1.82, 2.24) is 0 Å². The lowest BCUT2D eigenvalue weighted by atomic mass is 9.63. The summed E-state index contributed by atoms with van der Waals surface area (Å²) in [6.07, 6.45) is 5.59. The fourth-order valence-corrected chi connectivity index (χ4v) is 2.93. The lowest BCUT2D eigenvalue weighted by Gasteiger charge is -2.42. The SMILES string of the molecule is CC1(C)CCC(C)(C)c2cc(C=CC(=O)Cl)ccc21. The number of carbonyl (C=O) groups is 1. The largest absolute Gasteiger partial charge is 0.276 e. The number of allylic oxidation sites excluding steroid dienone is 1. The highest BCUT2D eigenvalue weighted by Crippen LogP contribution is 2.45. The summed E-state index contributed by atoms with van der Waals surface area (Å²) < 4.78 is 0. The van der Waals surface area contributed by atoms with Gasteiger partial charge in [0, 0.05) is 0 Å². The van der Waals surface area contributed by atoms with Crippen molar-refractivity contribution in [2.24, 2.45) is 0 Å². The predicted octanol–water partition coefficient (Wildman–Crippen LogP) is 4.81. The number of carbonyl (C=O) groups excluding carboxylic acids is 1. The first kappa shape index (κ1) is 14.3. The van der Waals surface area contributed by atoms with Gasteiger partial charge in [-0.15, -0.1) is 0 Å². The molecule has 0 aliphatic heterocycles. The molecule has 0 fully saturated rings. The van der Waals surface area contributed by atoms with E-state index >= 15 is 0 Å². The van der Waals surface area contributed by atoms with Gasteiger partial charge in [-0.25, -0.2) is 0 Å². The molecular weight excluding hydrogens is 256 g/mol. The molecule has 2 heteroatoms. The molecule has 0 saturated heterocycles. The van der Waals surface area contributed by atoms with E-state index < -0.39 is 5.24 Å². The highest BCUT2D eigenvalue weighted by molar-refractivity contribution is 6.66. The van der Waals surface area contributed by atoms with E-state index in [0.717, 1.165) is 5.56 Å². The zero-order valence-corrected chi connectivity index (χ0v) is 12.8. The fraction of sp³-hybridized carbons (Fsp3) is 0.471. The van der Waals surface area contributed by atoms with Crippen molar-refractivity contribution in [1.29, 1.82) is 0 Å². The highest BCUT2D eigenvalue weighted by atomic mass is 35.5. The molecule has 0 bridgehead atoms. The maximum Gasteiger partial charge on any atom is 0.245 e. The number of hydrogen-bond donors (Lipinski definition) is 0. The molecule has 2 rings (SSSR count). The zero-order valence-electron chi connectivity index (χ0n) is 12.1. The van der Waals surface area contributed by atoms with E-state index in [9.17, 15) is 4.79 Å². The van der Waals surface area contributed by atoms with Gasteiger partial charge in [0.15, 0.2) is 0 Å². The first-order chi connectivity index (χ1) is 8.72. The molecule has 0 radical (unpaired) electrons. The summed E-state index contributed by atoms with van der Waals surface area (Å²) in [5, 5.41) is -0.433. The Balaban J connectivity index is 2.50. The van der Waals surface area contributed by atoms with Crippen molar-refractivity contribution in [3.05, 3.63) is 41.0 Å². The summed E-state index contributed by atoms with van der Waals surface area (Å²) in [6, 6.07) is 6.47. The maximum atomic E-state index is 10.8. The van der Waals surface area contributed by atoms with E-state index in [4.69, 9.17) is 11.6 Å². The summed E-state index contributed by atoms with van der Waals surface area (Å²) >= 11 is 5.35. The number of rotatable bonds is 2. The Hall–Kier alpha value is -1.08. The summed E-state index contributed by atoms with van der Waals surface area (Å²) in [5.41, 5.74) is 4.29. The van der Waals surface area contributed by atoms with Crippen LogP contribution in [-0.2, 0) is 15.6 Å². The zero-order chi connectivity index (χ0) is 14.3. The van der Waals surface area contributed by atoms with Crippen LogP contribution in [0.4, 0.5) is 0 Å². The number of fused-ring (bicyclic) bond motifs is 1. The third-order valence-electron chi connectivity index (χ3n) is 4.28. The number of halogens is 1. The number of hydrogen-bond acceptors (Lipinski definition) is 1. The molecule has 1 aromatic rings. The second kappa shape index (κ2) is 4.79. The van der Waals surface area contributed by atoms with Crippen LogP contribution in [-0.4, -0.2) is 5.24 Å². The Morgan fingerprint density at radius 2 is 1.68 bits per heavy atom. The van der Waals surface area contributed by atoms with Crippen LogP contribution < -0.4 is 0 Å². The molecule has 0 amide bonds. The quantitative estimate of drug-likeness (QED) is 0.559. The van der Waals surface area contributed by atoms with Crippen molar-refractivity contribution in [2.75, 3.05) is 0 Å². The molecule has 1 aliphatic rings. The first-order valence-corrected chi connectivity index (χ1v) is 7.13. The minimum absolute atomic E-state index is 0.194. The number of benzene rings is 1. The maximum absolute atomic E-state index is 10.8. The van der Waals surface area contributed by atoms with Crippen LogP contribution in [0.15, 0.2) is 24.3 Å². The van der Waals surface area contributed by atoms with Crippen molar-refractivity contribution in [2.45, 2.75) is 51.4 Å². The highest BCUT2D eigenvalue weighted by Gasteiger charge is 2.36. The molecular formula is C17H21ClO. The minimum atomic E-state index is -0.433. The van der Waals surface area contributed by atoms with Crippen LogP contribution in [0.2, 0.25) is 0 Å². The molecule has 102 valence electrons. The van der Waals surface area contributed by atoms with E-state index in [1.165, 1.54) is 30.0 Å². The second-order valence-corrected chi connectivity index (χ2v) is 7.08. The van der Waals surface area contributed by atoms with Gasteiger partial charge in [0.2, 0.25) is 5.24 Å². The van der Waals surface area contributed by atoms with Gasteiger partial charge in [-0.2, -0.15) is 0 Å². The molecule has 0 spiro atoms. The van der Waals surface area contributed by atoms with Crippen molar-refractivity contribution >= 4 is 22.9 Å². The Kier molecular flexibility index (Phi) is 3.61. The van der Waals surface area contributed by atoms with Gasteiger partial charge in [-0.05, 0) is 58.0 Å². The van der Waals surface area contributed by atoms with E-state index in [1.807, 2.05) is 0 Å². The van der Waals surface area contributed by atoms with Gasteiger partial charge in [-0.3, -0.25) is 4.79 Å². The molecule has 0 saturated carbocycles. The second-order valence-electron chi connectivity index (χ2n) is 6.71. The lowest BCUT2D eigenvalue weighted by molar-refractivity contribution is -0.107. The lowest BCUT2D eigenvalue weighted by Crippen LogP contribution is -2.33. The molecule has 0 heterocycles. The third kappa shape index (κ3) is 2.92. The molecule has 1 aromatic carbocycles. The first-order valence-electron chi connectivity index (χ1n) is 6.75. The molecule has 1 nitrogen and oxygen atoms in total. The summed E-state index contributed by atoms with van der Waals surface area (Å²) in [5.74, 6) is 0. The molecule has 0 atom stereocenters. The van der Waals surface area contributed by atoms with E-state index in [1.54, 1.807) is 6.08 Å². The van der Waals surface area contributed by atoms with Gasteiger partial charge in [0.05, 0.1) is 0 Å². The van der Waals surface area contributed by atoms with E-state index in [2.05, 4.69) is 45.9 Å². The van der Waals surface area contributed by atoms with Gasteiger partial charge in [0.25, 0.3) is 0 Å². The van der Waals surface area contributed by atoms with Gasteiger partial charge >= 0.3 is 0 Å². The van der Waals surface area contributed by atoms with Crippen molar-refractivity contribution in [3.63, 3.8) is 0 Å². The molecule has 0 unspecified atom stereocenters. The average molecular weight is 277 g/mol.